The first kappa shape index (κ1) is 15.8. The Morgan fingerprint density at radius 2 is 1.92 bits per heavy atom. The molecule has 0 spiro atoms. The maximum absolute atomic E-state index is 11.9. The molecule has 1 heterocycles. The number of nitrogens with zero attached hydrogens (tertiary/aromatic N) is 3. The van der Waals surface area contributed by atoms with Crippen molar-refractivity contribution in [3.63, 3.8) is 0 Å². The lowest BCUT2D eigenvalue weighted by Crippen LogP contribution is -2.23. The summed E-state index contributed by atoms with van der Waals surface area (Å²) in [6.45, 7) is 0.327. The average Bonchev–Trinajstić information content (AvgIpc) is 3.07. The predicted octanol–water partition coefficient (Wildman–Crippen LogP) is 1.19. The number of rotatable bonds is 5. The van der Waals surface area contributed by atoms with Crippen molar-refractivity contribution in [3.8, 4) is 0 Å². The summed E-state index contributed by atoms with van der Waals surface area (Å²) in [5.74, 6) is -0.329. The molecular formula is C17H16N4O3. The summed E-state index contributed by atoms with van der Waals surface area (Å²) >= 11 is 0. The number of allylic oxidation sites excluding steroid dienone is 2. The highest BCUT2D eigenvalue weighted by Crippen LogP contribution is 2.24. The molecule has 7 nitrogen and oxygen atoms in total. The van der Waals surface area contributed by atoms with Crippen LogP contribution in [-0.4, -0.2) is 31.8 Å². The van der Waals surface area contributed by atoms with Crippen LogP contribution in [0.15, 0.2) is 60.8 Å². The van der Waals surface area contributed by atoms with Crippen molar-refractivity contribution in [3.05, 3.63) is 66.5 Å². The van der Waals surface area contributed by atoms with Gasteiger partial charge >= 0.3 is 0 Å². The van der Waals surface area contributed by atoms with Crippen molar-refractivity contribution < 1.29 is 14.7 Å². The van der Waals surface area contributed by atoms with Crippen molar-refractivity contribution in [2.45, 2.75) is 18.6 Å². The minimum atomic E-state index is -1.45. The molecule has 122 valence electrons. The van der Waals surface area contributed by atoms with Crippen LogP contribution in [0.25, 0.3) is 0 Å². The maximum atomic E-state index is 11.9. The van der Waals surface area contributed by atoms with Crippen LogP contribution >= 0.6 is 0 Å². The number of benzene rings is 1. The van der Waals surface area contributed by atoms with Crippen molar-refractivity contribution in [1.29, 1.82) is 0 Å². The Morgan fingerprint density at radius 1 is 1.21 bits per heavy atom. The number of aromatic nitrogens is 3. The number of hydrogen-bond acceptors (Lipinski definition) is 5. The SMILES string of the molecule is O=C1C=CC(O)(c2cn(CCC(=O)Nc3ccccc3)nn2)C=C1. The molecule has 0 saturated heterocycles. The largest absolute Gasteiger partial charge is 0.376 e. The van der Waals surface area contributed by atoms with E-state index in [2.05, 4.69) is 15.6 Å². The summed E-state index contributed by atoms with van der Waals surface area (Å²) in [6.07, 6.45) is 7.08. The van der Waals surface area contributed by atoms with Gasteiger partial charge in [0.25, 0.3) is 0 Å². The van der Waals surface area contributed by atoms with Gasteiger partial charge in [0.2, 0.25) is 5.91 Å². The summed E-state index contributed by atoms with van der Waals surface area (Å²) in [5, 5.41) is 21.0. The van der Waals surface area contributed by atoms with E-state index in [1.54, 1.807) is 6.20 Å². The molecule has 1 aliphatic rings. The molecule has 1 aliphatic carbocycles. The van der Waals surface area contributed by atoms with Crippen LogP contribution in [0.2, 0.25) is 0 Å². The number of hydrogen-bond donors (Lipinski definition) is 2. The van der Waals surface area contributed by atoms with Gasteiger partial charge in [-0.3, -0.25) is 14.3 Å². The molecule has 2 N–H and O–H groups in total. The number of nitrogens with one attached hydrogen (secondary N) is 1. The standard InChI is InChI=1S/C17H16N4O3/c22-14-6-9-17(24,10-7-14)15-12-21(20-19-15)11-8-16(23)18-13-4-2-1-3-5-13/h1-7,9-10,12,24H,8,11H2,(H,18,23). The second-order valence-electron chi connectivity index (χ2n) is 5.43. The molecule has 7 heteroatoms. The van der Waals surface area contributed by atoms with Crippen molar-refractivity contribution >= 4 is 17.4 Å². The normalized spacial score (nSPS) is 15.5. The van der Waals surface area contributed by atoms with Gasteiger partial charge in [-0.1, -0.05) is 23.4 Å². The second kappa shape index (κ2) is 6.59. The Balaban J connectivity index is 1.59. The molecule has 0 atom stereocenters. The van der Waals surface area contributed by atoms with Gasteiger partial charge in [0.15, 0.2) is 5.78 Å². The molecule has 0 aliphatic heterocycles. The number of aliphatic hydroxyl groups is 1. The molecular weight excluding hydrogens is 308 g/mol. The first-order chi connectivity index (χ1) is 11.5. The highest BCUT2D eigenvalue weighted by atomic mass is 16.3. The van der Waals surface area contributed by atoms with Crippen LogP contribution in [0.4, 0.5) is 5.69 Å². The zero-order valence-corrected chi connectivity index (χ0v) is 12.8. The fourth-order valence-corrected chi connectivity index (χ4v) is 2.25. The van der Waals surface area contributed by atoms with E-state index in [-0.39, 0.29) is 18.1 Å². The van der Waals surface area contributed by atoms with Gasteiger partial charge in [0.05, 0.1) is 12.7 Å². The second-order valence-corrected chi connectivity index (χ2v) is 5.43. The third kappa shape index (κ3) is 3.64. The van der Waals surface area contributed by atoms with Gasteiger partial charge in [-0.15, -0.1) is 5.10 Å². The van der Waals surface area contributed by atoms with Gasteiger partial charge in [0, 0.05) is 12.1 Å². The van der Waals surface area contributed by atoms with Gasteiger partial charge < -0.3 is 10.4 Å². The lowest BCUT2D eigenvalue weighted by atomic mass is 9.95. The zero-order chi connectivity index (χ0) is 17.0. The summed E-state index contributed by atoms with van der Waals surface area (Å²) in [5.41, 5.74) is -0.414. The van der Waals surface area contributed by atoms with E-state index in [0.29, 0.717) is 12.2 Å². The molecule has 0 fully saturated rings. The van der Waals surface area contributed by atoms with Crippen molar-refractivity contribution in [1.82, 2.24) is 15.0 Å². The number of para-hydroxylation sites is 1. The van der Waals surface area contributed by atoms with Gasteiger partial charge in [0.1, 0.15) is 11.3 Å². The molecule has 1 amide bonds. The third-order valence-corrected chi connectivity index (χ3v) is 3.58. The maximum Gasteiger partial charge on any atom is 0.226 e. The molecule has 1 aromatic heterocycles. The first-order valence-electron chi connectivity index (χ1n) is 7.45. The lowest BCUT2D eigenvalue weighted by Gasteiger charge is -2.18. The van der Waals surface area contributed by atoms with Crippen LogP contribution in [0, 0.1) is 0 Å². The average molecular weight is 324 g/mol. The molecule has 0 unspecified atom stereocenters. The van der Waals surface area contributed by atoms with Crippen LogP contribution in [0.1, 0.15) is 12.1 Å². The molecule has 0 saturated carbocycles. The Kier molecular flexibility index (Phi) is 4.35. The van der Waals surface area contributed by atoms with Crippen LogP contribution in [0.3, 0.4) is 0 Å². The monoisotopic (exact) mass is 324 g/mol. The van der Waals surface area contributed by atoms with E-state index in [4.69, 9.17) is 0 Å². The summed E-state index contributed by atoms with van der Waals surface area (Å²) in [7, 11) is 0. The molecule has 2 aromatic rings. The zero-order valence-electron chi connectivity index (χ0n) is 12.8. The lowest BCUT2D eigenvalue weighted by molar-refractivity contribution is -0.116. The van der Waals surface area contributed by atoms with E-state index in [9.17, 15) is 14.7 Å². The predicted molar refractivity (Wildman–Crippen MR) is 86.9 cm³/mol. The van der Waals surface area contributed by atoms with E-state index >= 15 is 0 Å². The fourth-order valence-electron chi connectivity index (χ4n) is 2.25. The quantitative estimate of drug-likeness (QED) is 0.861. The van der Waals surface area contributed by atoms with Gasteiger partial charge in [-0.25, -0.2) is 0 Å². The number of carbonyl (C=O) groups excluding carboxylic acids is 2. The number of ketones is 1. The van der Waals surface area contributed by atoms with Gasteiger partial charge in [-0.05, 0) is 36.4 Å². The number of amides is 1. The van der Waals surface area contributed by atoms with E-state index in [0.717, 1.165) is 5.69 Å². The van der Waals surface area contributed by atoms with Crippen LogP contribution < -0.4 is 5.32 Å². The van der Waals surface area contributed by atoms with E-state index < -0.39 is 5.60 Å². The molecule has 0 radical (unpaired) electrons. The van der Waals surface area contributed by atoms with Crippen LogP contribution in [-0.2, 0) is 21.7 Å². The topological polar surface area (TPSA) is 97.1 Å². The Morgan fingerprint density at radius 3 is 2.62 bits per heavy atom. The minimum absolute atomic E-state index is 0.139. The molecule has 3 rings (SSSR count). The van der Waals surface area contributed by atoms with Crippen LogP contribution in [0.5, 0.6) is 0 Å². The van der Waals surface area contributed by atoms with E-state index in [1.807, 2.05) is 30.3 Å². The Labute approximate surface area is 138 Å². The number of anilines is 1. The highest BCUT2D eigenvalue weighted by Gasteiger charge is 2.29. The number of carbonyl (C=O) groups is 2. The third-order valence-electron chi connectivity index (χ3n) is 3.58. The Hall–Kier alpha value is -3.06. The van der Waals surface area contributed by atoms with E-state index in [1.165, 1.54) is 29.0 Å². The first-order valence-corrected chi connectivity index (χ1v) is 7.45. The molecule has 24 heavy (non-hydrogen) atoms. The number of aryl methyl sites for hydroxylation is 1. The van der Waals surface area contributed by atoms with Crippen molar-refractivity contribution in [2.75, 3.05) is 5.32 Å². The molecule has 1 aromatic carbocycles. The van der Waals surface area contributed by atoms with Crippen molar-refractivity contribution in [2.24, 2.45) is 0 Å². The smallest absolute Gasteiger partial charge is 0.226 e. The summed E-state index contributed by atoms with van der Waals surface area (Å²) in [4.78, 5) is 23.1. The molecule has 0 bridgehead atoms. The summed E-state index contributed by atoms with van der Waals surface area (Å²) in [6, 6.07) is 9.18. The summed E-state index contributed by atoms with van der Waals surface area (Å²) < 4.78 is 1.48. The minimum Gasteiger partial charge on any atom is -0.376 e. The van der Waals surface area contributed by atoms with Gasteiger partial charge in [-0.2, -0.15) is 0 Å². The fraction of sp³-hybridized carbons (Fsp3) is 0.176. The Bertz CT molecular complexity index is 792. The highest BCUT2D eigenvalue weighted by molar-refractivity contribution is 6.00.